The second kappa shape index (κ2) is 7.74. The number of nitrogens with zero attached hydrogens (tertiary/aromatic N) is 1. The number of nitrogens with two attached hydrogens (primary N) is 1. The van der Waals surface area contributed by atoms with E-state index in [1.54, 1.807) is 0 Å². The molecule has 0 aliphatic carbocycles. The molecule has 1 aromatic carbocycles. The number of amides is 2. The molecule has 1 fully saturated rings. The van der Waals surface area contributed by atoms with Crippen molar-refractivity contribution in [3.63, 3.8) is 0 Å². The van der Waals surface area contributed by atoms with Crippen LogP contribution in [0.5, 0.6) is 0 Å². The highest BCUT2D eigenvalue weighted by atomic mass is 79.9. The minimum atomic E-state index is -0.270. The van der Waals surface area contributed by atoms with Crippen LogP contribution < -0.4 is 11.1 Å². The molecular formula is C16H22BrN3O2. The van der Waals surface area contributed by atoms with E-state index < -0.39 is 0 Å². The Morgan fingerprint density at radius 2 is 2.09 bits per heavy atom. The van der Waals surface area contributed by atoms with Crippen LogP contribution in [-0.4, -0.2) is 36.3 Å². The van der Waals surface area contributed by atoms with E-state index in [2.05, 4.69) is 21.2 Å². The Labute approximate surface area is 139 Å². The predicted octanol–water partition coefficient (Wildman–Crippen LogP) is 1.82. The first-order valence-electron chi connectivity index (χ1n) is 7.52. The number of hydrogen-bond acceptors (Lipinski definition) is 3. The number of carbonyl (C=O) groups excluding carboxylic acids is 2. The van der Waals surface area contributed by atoms with Crippen molar-refractivity contribution >= 4 is 27.7 Å². The van der Waals surface area contributed by atoms with Gasteiger partial charge in [-0.05, 0) is 44.0 Å². The first-order valence-corrected chi connectivity index (χ1v) is 8.31. The molecule has 0 radical (unpaired) electrons. The third kappa shape index (κ3) is 4.81. The lowest BCUT2D eigenvalue weighted by atomic mass is 9.97. The summed E-state index contributed by atoms with van der Waals surface area (Å²) >= 11 is 3.40. The molecule has 0 unspecified atom stereocenters. The molecule has 0 bridgehead atoms. The molecule has 120 valence electrons. The highest BCUT2D eigenvalue weighted by Gasteiger charge is 2.25. The second-order valence-corrected chi connectivity index (χ2v) is 6.73. The van der Waals surface area contributed by atoms with Crippen molar-refractivity contribution in [2.24, 2.45) is 11.7 Å². The molecule has 3 N–H and O–H groups in total. The number of rotatable bonds is 5. The summed E-state index contributed by atoms with van der Waals surface area (Å²) in [5, 5.41) is 2.99. The molecule has 1 heterocycles. The first-order chi connectivity index (χ1) is 10.5. The molecule has 0 aromatic heterocycles. The Balaban J connectivity index is 1.84. The van der Waals surface area contributed by atoms with Gasteiger partial charge in [0.25, 0.3) is 0 Å². The van der Waals surface area contributed by atoms with Crippen LogP contribution in [0.1, 0.15) is 31.4 Å². The molecule has 0 saturated carbocycles. The monoisotopic (exact) mass is 367 g/mol. The standard InChI is InChI=1S/C16H22BrN3O2/c1-11(12-4-6-14(17)7-5-12)19-15(21)10-20-8-2-3-13(9-20)16(18)22/h4-7,11,13H,2-3,8-10H2,1H3,(H2,18,22)(H,19,21)/t11-,13+/m1/s1. The zero-order chi connectivity index (χ0) is 16.1. The minimum absolute atomic E-state index is 0.0273. The van der Waals surface area contributed by atoms with Gasteiger partial charge in [0.1, 0.15) is 0 Å². The Morgan fingerprint density at radius 1 is 1.41 bits per heavy atom. The van der Waals surface area contributed by atoms with Gasteiger partial charge in [-0.2, -0.15) is 0 Å². The Kier molecular flexibility index (Phi) is 5.97. The molecule has 1 saturated heterocycles. The third-order valence-electron chi connectivity index (χ3n) is 4.02. The van der Waals surface area contributed by atoms with Gasteiger partial charge in [-0.25, -0.2) is 0 Å². The Morgan fingerprint density at radius 3 is 2.73 bits per heavy atom. The van der Waals surface area contributed by atoms with Crippen LogP contribution in [0, 0.1) is 5.92 Å². The lowest BCUT2D eigenvalue weighted by molar-refractivity contribution is -0.127. The summed E-state index contributed by atoms with van der Waals surface area (Å²) in [7, 11) is 0. The van der Waals surface area contributed by atoms with Crippen LogP contribution in [-0.2, 0) is 9.59 Å². The van der Waals surface area contributed by atoms with Crippen molar-refractivity contribution in [3.05, 3.63) is 34.3 Å². The van der Waals surface area contributed by atoms with Gasteiger partial charge in [0.05, 0.1) is 18.5 Å². The number of carbonyl (C=O) groups is 2. The molecule has 5 nitrogen and oxygen atoms in total. The quantitative estimate of drug-likeness (QED) is 0.833. The van der Waals surface area contributed by atoms with Crippen LogP contribution in [0.2, 0.25) is 0 Å². The fraction of sp³-hybridized carbons (Fsp3) is 0.500. The maximum Gasteiger partial charge on any atom is 0.234 e. The predicted molar refractivity (Wildman–Crippen MR) is 89.1 cm³/mol. The zero-order valence-electron chi connectivity index (χ0n) is 12.7. The van der Waals surface area contributed by atoms with Crippen LogP contribution >= 0.6 is 15.9 Å². The summed E-state index contributed by atoms with van der Waals surface area (Å²) in [6.45, 7) is 3.69. The Hall–Kier alpha value is -1.40. The number of benzene rings is 1. The number of hydrogen-bond donors (Lipinski definition) is 2. The summed E-state index contributed by atoms with van der Waals surface area (Å²) in [4.78, 5) is 25.4. The van der Waals surface area contributed by atoms with Crippen molar-refractivity contribution in [1.82, 2.24) is 10.2 Å². The average molecular weight is 368 g/mol. The Bertz CT molecular complexity index is 533. The maximum atomic E-state index is 12.2. The third-order valence-corrected chi connectivity index (χ3v) is 4.55. The molecule has 2 amide bonds. The van der Waals surface area contributed by atoms with E-state index in [9.17, 15) is 9.59 Å². The van der Waals surface area contributed by atoms with Crippen molar-refractivity contribution in [2.75, 3.05) is 19.6 Å². The van der Waals surface area contributed by atoms with Gasteiger partial charge in [0.2, 0.25) is 11.8 Å². The summed E-state index contributed by atoms with van der Waals surface area (Å²) in [5.41, 5.74) is 6.42. The van der Waals surface area contributed by atoms with Gasteiger partial charge < -0.3 is 11.1 Å². The van der Waals surface area contributed by atoms with Crippen LogP contribution in [0.25, 0.3) is 0 Å². The molecule has 2 atom stereocenters. The number of halogens is 1. The van der Waals surface area contributed by atoms with E-state index in [0.717, 1.165) is 29.4 Å². The molecule has 6 heteroatoms. The van der Waals surface area contributed by atoms with Gasteiger partial charge >= 0.3 is 0 Å². The zero-order valence-corrected chi connectivity index (χ0v) is 14.3. The van der Waals surface area contributed by atoms with Crippen molar-refractivity contribution in [1.29, 1.82) is 0 Å². The van der Waals surface area contributed by atoms with Gasteiger partial charge in [-0.3, -0.25) is 14.5 Å². The van der Waals surface area contributed by atoms with Crippen LogP contribution in [0.4, 0.5) is 0 Å². The van der Waals surface area contributed by atoms with Crippen molar-refractivity contribution in [2.45, 2.75) is 25.8 Å². The van der Waals surface area contributed by atoms with Crippen LogP contribution in [0.15, 0.2) is 28.7 Å². The lowest BCUT2D eigenvalue weighted by Gasteiger charge is -2.30. The number of nitrogens with one attached hydrogen (secondary N) is 1. The maximum absolute atomic E-state index is 12.2. The van der Waals surface area contributed by atoms with E-state index in [4.69, 9.17) is 5.73 Å². The number of primary amides is 1. The number of likely N-dealkylation sites (tertiary alicyclic amines) is 1. The van der Waals surface area contributed by atoms with Gasteiger partial charge in [0.15, 0.2) is 0 Å². The molecule has 22 heavy (non-hydrogen) atoms. The van der Waals surface area contributed by atoms with E-state index in [1.807, 2.05) is 36.1 Å². The summed E-state index contributed by atoms with van der Waals surface area (Å²) in [5.74, 6) is -0.431. The summed E-state index contributed by atoms with van der Waals surface area (Å²) in [6.07, 6.45) is 1.73. The van der Waals surface area contributed by atoms with Crippen LogP contribution in [0.3, 0.4) is 0 Å². The molecule has 0 spiro atoms. The normalized spacial score (nSPS) is 20.4. The van der Waals surface area contributed by atoms with E-state index in [0.29, 0.717) is 13.1 Å². The fourth-order valence-electron chi connectivity index (χ4n) is 2.76. The minimum Gasteiger partial charge on any atom is -0.369 e. The smallest absolute Gasteiger partial charge is 0.234 e. The highest BCUT2D eigenvalue weighted by Crippen LogP contribution is 2.18. The molecular weight excluding hydrogens is 346 g/mol. The van der Waals surface area contributed by atoms with E-state index >= 15 is 0 Å². The average Bonchev–Trinajstić information content (AvgIpc) is 2.47. The van der Waals surface area contributed by atoms with Gasteiger partial charge in [-0.15, -0.1) is 0 Å². The van der Waals surface area contributed by atoms with Gasteiger partial charge in [0, 0.05) is 11.0 Å². The number of piperidine rings is 1. The molecule has 1 aliphatic rings. The van der Waals surface area contributed by atoms with Crippen molar-refractivity contribution < 1.29 is 9.59 Å². The van der Waals surface area contributed by atoms with E-state index in [1.165, 1.54) is 0 Å². The highest BCUT2D eigenvalue weighted by molar-refractivity contribution is 9.10. The van der Waals surface area contributed by atoms with E-state index in [-0.39, 0.29) is 23.8 Å². The SMILES string of the molecule is C[C@@H](NC(=O)CN1CCC[C@H](C(N)=O)C1)c1ccc(Br)cc1. The topological polar surface area (TPSA) is 75.4 Å². The first kappa shape index (κ1) is 17.0. The molecule has 1 aliphatic heterocycles. The van der Waals surface area contributed by atoms with Crippen molar-refractivity contribution in [3.8, 4) is 0 Å². The molecule has 2 rings (SSSR count). The summed E-state index contributed by atoms with van der Waals surface area (Å²) in [6, 6.07) is 7.84. The lowest BCUT2D eigenvalue weighted by Crippen LogP contribution is -2.45. The second-order valence-electron chi connectivity index (χ2n) is 5.82. The summed E-state index contributed by atoms with van der Waals surface area (Å²) < 4.78 is 1.01. The molecule has 1 aromatic rings. The van der Waals surface area contributed by atoms with Gasteiger partial charge in [-0.1, -0.05) is 28.1 Å². The fourth-order valence-corrected chi connectivity index (χ4v) is 3.02. The largest absolute Gasteiger partial charge is 0.369 e.